The van der Waals surface area contributed by atoms with Crippen molar-refractivity contribution in [1.29, 1.82) is 0 Å². The molecule has 1 aliphatic rings. The van der Waals surface area contributed by atoms with E-state index in [1.54, 1.807) is 0 Å². The predicted octanol–water partition coefficient (Wildman–Crippen LogP) is 3.43. The van der Waals surface area contributed by atoms with E-state index in [4.69, 9.17) is 4.42 Å². The lowest BCUT2D eigenvalue weighted by molar-refractivity contribution is 0.0725. The Morgan fingerprint density at radius 3 is 2.83 bits per heavy atom. The first kappa shape index (κ1) is 11.8. The van der Waals surface area contributed by atoms with E-state index in [0.717, 1.165) is 35.7 Å². The van der Waals surface area contributed by atoms with Crippen molar-refractivity contribution < 1.29 is 9.21 Å². The Balaban J connectivity index is 1.90. The van der Waals surface area contributed by atoms with Crippen molar-refractivity contribution in [3.05, 3.63) is 36.1 Å². The highest BCUT2D eigenvalue weighted by Gasteiger charge is 2.33. The molecule has 0 atom stereocenters. The number of fused-ring (bicyclic) bond motifs is 1. The van der Waals surface area contributed by atoms with Crippen LogP contribution in [0, 0.1) is 0 Å². The molecule has 1 aromatic carbocycles. The molecule has 1 saturated carbocycles. The zero-order valence-electron chi connectivity index (χ0n) is 9.93. The van der Waals surface area contributed by atoms with Crippen molar-refractivity contribution >= 4 is 32.8 Å². The van der Waals surface area contributed by atoms with Crippen molar-refractivity contribution in [2.24, 2.45) is 0 Å². The van der Waals surface area contributed by atoms with Crippen LogP contribution in [0.25, 0.3) is 11.0 Å². The Hall–Kier alpha value is -1.29. The Kier molecular flexibility index (Phi) is 3.12. The lowest BCUT2D eigenvalue weighted by Gasteiger charge is -2.19. The minimum atomic E-state index is 0.00755. The Bertz CT molecular complexity index is 541. The van der Waals surface area contributed by atoms with Gasteiger partial charge in [-0.2, -0.15) is 0 Å². The molecule has 1 aromatic heterocycles. The van der Waals surface area contributed by atoms with E-state index in [2.05, 4.69) is 15.9 Å². The van der Waals surface area contributed by atoms with Gasteiger partial charge in [0.1, 0.15) is 5.58 Å². The largest absolute Gasteiger partial charge is 0.451 e. The number of hydrogen-bond acceptors (Lipinski definition) is 2. The molecule has 1 fully saturated rings. The van der Waals surface area contributed by atoms with Crippen LogP contribution in [0.3, 0.4) is 0 Å². The van der Waals surface area contributed by atoms with Gasteiger partial charge in [0.25, 0.3) is 5.91 Å². The predicted molar refractivity (Wildman–Crippen MR) is 74.1 cm³/mol. The summed E-state index contributed by atoms with van der Waals surface area (Å²) in [4.78, 5) is 14.3. The number of hydrogen-bond donors (Lipinski definition) is 0. The maximum Gasteiger partial charge on any atom is 0.289 e. The molecular weight excluding hydrogens is 294 g/mol. The Morgan fingerprint density at radius 1 is 1.39 bits per heavy atom. The number of furan rings is 1. The second kappa shape index (κ2) is 4.76. The maximum atomic E-state index is 12.4. The molecule has 1 aliphatic carbocycles. The third kappa shape index (κ3) is 2.17. The zero-order chi connectivity index (χ0) is 12.5. The number of benzene rings is 1. The van der Waals surface area contributed by atoms with Crippen LogP contribution in [0.4, 0.5) is 0 Å². The van der Waals surface area contributed by atoms with Gasteiger partial charge in [-0.1, -0.05) is 34.1 Å². The average molecular weight is 308 g/mol. The number of rotatable bonds is 4. The molecule has 18 heavy (non-hydrogen) atoms. The van der Waals surface area contributed by atoms with Crippen molar-refractivity contribution in [3.63, 3.8) is 0 Å². The molecule has 2 aromatic rings. The molecule has 1 amide bonds. The van der Waals surface area contributed by atoms with E-state index < -0.39 is 0 Å². The molecular formula is C14H14BrNO2. The fraction of sp³-hybridized carbons (Fsp3) is 0.357. The fourth-order valence-electron chi connectivity index (χ4n) is 2.16. The minimum absolute atomic E-state index is 0.00755. The molecule has 4 heteroatoms. The van der Waals surface area contributed by atoms with Crippen molar-refractivity contribution in [2.45, 2.75) is 18.9 Å². The second-order valence-electron chi connectivity index (χ2n) is 4.57. The first-order chi connectivity index (χ1) is 8.79. The third-order valence-corrected chi connectivity index (χ3v) is 3.56. The highest BCUT2D eigenvalue weighted by Crippen LogP contribution is 2.29. The van der Waals surface area contributed by atoms with Crippen LogP contribution in [0.15, 0.2) is 34.7 Å². The summed E-state index contributed by atoms with van der Waals surface area (Å²) >= 11 is 3.40. The lowest BCUT2D eigenvalue weighted by atomic mass is 10.2. The molecule has 0 N–H and O–H groups in total. The first-order valence-corrected chi connectivity index (χ1v) is 7.27. The molecule has 0 radical (unpaired) electrons. The number of halogens is 1. The summed E-state index contributed by atoms with van der Waals surface area (Å²) in [6, 6.07) is 9.95. The summed E-state index contributed by atoms with van der Waals surface area (Å²) in [5.41, 5.74) is 0.774. The molecule has 0 aliphatic heterocycles. The van der Waals surface area contributed by atoms with E-state index in [1.807, 2.05) is 35.2 Å². The number of carbonyl (C=O) groups is 1. The van der Waals surface area contributed by atoms with Crippen LogP contribution in [0.1, 0.15) is 23.4 Å². The van der Waals surface area contributed by atoms with E-state index in [0.29, 0.717) is 11.8 Å². The first-order valence-electron chi connectivity index (χ1n) is 6.15. The van der Waals surface area contributed by atoms with Gasteiger partial charge in [0, 0.05) is 23.3 Å². The molecule has 0 saturated heterocycles. The lowest BCUT2D eigenvalue weighted by Crippen LogP contribution is -2.34. The number of nitrogens with zero attached hydrogens (tertiary/aromatic N) is 1. The van der Waals surface area contributed by atoms with Gasteiger partial charge in [-0.05, 0) is 25.0 Å². The van der Waals surface area contributed by atoms with Crippen LogP contribution < -0.4 is 0 Å². The summed E-state index contributed by atoms with van der Waals surface area (Å²) in [6.45, 7) is 0.737. The van der Waals surface area contributed by atoms with Gasteiger partial charge in [0.2, 0.25) is 0 Å². The summed E-state index contributed by atoms with van der Waals surface area (Å²) in [7, 11) is 0. The fourth-order valence-corrected chi connectivity index (χ4v) is 2.54. The molecule has 0 spiro atoms. The Morgan fingerprint density at radius 2 is 2.17 bits per heavy atom. The number of para-hydroxylation sites is 1. The summed E-state index contributed by atoms with van der Waals surface area (Å²) in [5, 5.41) is 1.78. The second-order valence-corrected chi connectivity index (χ2v) is 5.36. The maximum absolute atomic E-state index is 12.4. The topological polar surface area (TPSA) is 33.5 Å². The summed E-state index contributed by atoms with van der Waals surface area (Å²) < 4.78 is 5.63. The molecule has 94 valence electrons. The highest BCUT2D eigenvalue weighted by atomic mass is 79.9. The van der Waals surface area contributed by atoms with E-state index in [1.165, 1.54) is 0 Å². The average Bonchev–Trinajstić information content (AvgIpc) is 3.13. The quantitative estimate of drug-likeness (QED) is 0.811. The van der Waals surface area contributed by atoms with Crippen LogP contribution in [0.5, 0.6) is 0 Å². The van der Waals surface area contributed by atoms with Gasteiger partial charge in [-0.15, -0.1) is 0 Å². The van der Waals surface area contributed by atoms with E-state index in [9.17, 15) is 4.79 Å². The molecule has 0 unspecified atom stereocenters. The van der Waals surface area contributed by atoms with Crippen LogP contribution in [-0.2, 0) is 0 Å². The normalized spacial score (nSPS) is 14.9. The molecule has 0 bridgehead atoms. The molecule has 3 nitrogen and oxygen atoms in total. The van der Waals surface area contributed by atoms with Crippen molar-refractivity contribution in [2.75, 3.05) is 11.9 Å². The van der Waals surface area contributed by atoms with Crippen LogP contribution >= 0.6 is 15.9 Å². The van der Waals surface area contributed by atoms with Crippen molar-refractivity contribution in [1.82, 2.24) is 4.90 Å². The van der Waals surface area contributed by atoms with E-state index in [-0.39, 0.29) is 5.91 Å². The van der Waals surface area contributed by atoms with Gasteiger partial charge >= 0.3 is 0 Å². The van der Waals surface area contributed by atoms with E-state index >= 15 is 0 Å². The molecule has 1 heterocycles. The minimum Gasteiger partial charge on any atom is -0.451 e. The van der Waals surface area contributed by atoms with Crippen LogP contribution in [-0.4, -0.2) is 28.7 Å². The zero-order valence-corrected chi connectivity index (χ0v) is 11.5. The van der Waals surface area contributed by atoms with Gasteiger partial charge in [-0.25, -0.2) is 0 Å². The summed E-state index contributed by atoms with van der Waals surface area (Å²) in [6.07, 6.45) is 2.22. The van der Waals surface area contributed by atoms with Crippen LogP contribution in [0.2, 0.25) is 0 Å². The number of amides is 1. The standard InChI is InChI=1S/C14H14BrNO2/c15-7-8-16(11-5-6-11)14(17)13-9-10-3-1-2-4-12(10)18-13/h1-4,9,11H,5-8H2. The summed E-state index contributed by atoms with van der Waals surface area (Å²) in [5.74, 6) is 0.456. The third-order valence-electron chi connectivity index (χ3n) is 3.21. The highest BCUT2D eigenvalue weighted by molar-refractivity contribution is 9.09. The SMILES string of the molecule is O=C(c1cc2ccccc2o1)N(CCBr)C1CC1. The van der Waals surface area contributed by atoms with Crippen molar-refractivity contribution in [3.8, 4) is 0 Å². The van der Waals surface area contributed by atoms with Gasteiger partial charge in [0.15, 0.2) is 5.76 Å². The number of alkyl halides is 1. The number of carbonyl (C=O) groups excluding carboxylic acids is 1. The smallest absolute Gasteiger partial charge is 0.289 e. The monoisotopic (exact) mass is 307 g/mol. The van der Waals surface area contributed by atoms with Gasteiger partial charge in [0.05, 0.1) is 0 Å². The van der Waals surface area contributed by atoms with Gasteiger partial charge < -0.3 is 9.32 Å². The Labute approximate surface area is 114 Å². The molecule has 3 rings (SSSR count). The van der Waals surface area contributed by atoms with Gasteiger partial charge in [-0.3, -0.25) is 4.79 Å².